The van der Waals surface area contributed by atoms with Gasteiger partial charge in [0.05, 0.1) is 6.61 Å². The topological polar surface area (TPSA) is 54.9 Å². The molecule has 0 aromatic heterocycles. The standard InChI is InChI=1S/C20H26FN3O2/c1-22-20(23-14-16-7-9-18(21)10-8-16)24-15-17-5-3-6-19(13-17)26-12-4-11-25-2/h3,5-10,13H,4,11-12,14-15H2,1-2H3,(H2,22,23,24). The molecule has 26 heavy (non-hydrogen) atoms. The van der Waals surface area contributed by atoms with Crippen molar-refractivity contribution in [2.45, 2.75) is 19.5 Å². The Morgan fingerprint density at radius 3 is 2.42 bits per heavy atom. The first-order valence-electron chi connectivity index (χ1n) is 8.61. The quantitative estimate of drug-likeness (QED) is 0.410. The summed E-state index contributed by atoms with van der Waals surface area (Å²) in [7, 11) is 3.40. The summed E-state index contributed by atoms with van der Waals surface area (Å²) < 4.78 is 23.7. The molecule has 0 unspecified atom stereocenters. The molecule has 0 aliphatic carbocycles. The first kappa shape index (κ1) is 19.7. The van der Waals surface area contributed by atoms with E-state index in [0.717, 1.165) is 23.3 Å². The van der Waals surface area contributed by atoms with Crippen LogP contribution in [-0.2, 0) is 17.8 Å². The van der Waals surface area contributed by atoms with Gasteiger partial charge < -0.3 is 20.1 Å². The molecular weight excluding hydrogens is 333 g/mol. The zero-order valence-electron chi connectivity index (χ0n) is 15.3. The predicted molar refractivity (Wildman–Crippen MR) is 102 cm³/mol. The highest BCUT2D eigenvalue weighted by Gasteiger charge is 2.01. The molecule has 0 saturated carbocycles. The summed E-state index contributed by atoms with van der Waals surface area (Å²) >= 11 is 0. The lowest BCUT2D eigenvalue weighted by atomic mass is 10.2. The van der Waals surface area contributed by atoms with Gasteiger partial charge in [0.25, 0.3) is 0 Å². The van der Waals surface area contributed by atoms with Crippen LogP contribution in [0.1, 0.15) is 17.5 Å². The van der Waals surface area contributed by atoms with E-state index in [0.29, 0.717) is 32.3 Å². The molecule has 2 aromatic rings. The third-order valence-electron chi connectivity index (χ3n) is 3.72. The Hall–Kier alpha value is -2.60. The van der Waals surface area contributed by atoms with Crippen LogP contribution in [-0.4, -0.2) is 33.3 Å². The maximum absolute atomic E-state index is 12.9. The molecule has 0 atom stereocenters. The van der Waals surface area contributed by atoms with Crippen molar-refractivity contribution in [2.75, 3.05) is 27.4 Å². The van der Waals surface area contributed by atoms with Crippen molar-refractivity contribution in [1.29, 1.82) is 0 Å². The Morgan fingerprint density at radius 1 is 1.00 bits per heavy atom. The Morgan fingerprint density at radius 2 is 1.73 bits per heavy atom. The van der Waals surface area contributed by atoms with E-state index in [-0.39, 0.29) is 5.82 Å². The molecule has 0 fully saturated rings. The number of hydrogen-bond donors (Lipinski definition) is 2. The van der Waals surface area contributed by atoms with Crippen molar-refractivity contribution in [1.82, 2.24) is 10.6 Å². The first-order valence-corrected chi connectivity index (χ1v) is 8.61. The number of rotatable bonds is 9. The third kappa shape index (κ3) is 7.11. The minimum absolute atomic E-state index is 0.236. The maximum Gasteiger partial charge on any atom is 0.191 e. The first-order chi connectivity index (χ1) is 12.7. The van der Waals surface area contributed by atoms with E-state index in [4.69, 9.17) is 9.47 Å². The zero-order chi connectivity index (χ0) is 18.6. The van der Waals surface area contributed by atoms with Crippen LogP contribution in [0.15, 0.2) is 53.5 Å². The molecule has 0 saturated heterocycles. The molecule has 0 amide bonds. The second-order valence-electron chi connectivity index (χ2n) is 5.75. The lowest BCUT2D eigenvalue weighted by Crippen LogP contribution is -2.36. The number of nitrogens with zero attached hydrogens (tertiary/aromatic N) is 1. The molecule has 5 nitrogen and oxygen atoms in total. The largest absolute Gasteiger partial charge is 0.493 e. The van der Waals surface area contributed by atoms with Gasteiger partial charge in [-0.15, -0.1) is 0 Å². The summed E-state index contributed by atoms with van der Waals surface area (Å²) in [5.41, 5.74) is 2.08. The number of aliphatic imine (C=N–C) groups is 1. The molecule has 0 aliphatic rings. The molecule has 0 aliphatic heterocycles. The molecule has 0 radical (unpaired) electrons. The molecule has 6 heteroatoms. The van der Waals surface area contributed by atoms with E-state index in [1.54, 1.807) is 26.3 Å². The monoisotopic (exact) mass is 359 g/mol. The van der Waals surface area contributed by atoms with Gasteiger partial charge in [-0.25, -0.2) is 4.39 Å². The minimum Gasteiger partial charge on any atom is -0.493 e. The van der Waals surface area contributed by atoms with Gasteiger partial charge in [-0.05, 0) is 35.4 Å². The van der Waals surface area contributed by atoms with E-state index in [2.05, 4.69) is 15.6 Å². The fourth-order valence-electron chi connectivity index (χ4n) is 2.33. The fourth-order valence-corrected chi connectivity index (χ4v) is 2.33. The summed E-state index contributed by atoms with van der Waals surface area (Å²) in [6, 6.07) is 14.3. The van der Waals surface area contributed by atoms with Crippen molar-refractivity contribution in [3.8, 4) is 5.75 Å². The van der Waals surface area contributed by atoms with Crippen molar-refractivity contribution in [3.63, 3.8) is 0 Å². The number of benzene rings is 2. The predicted octanol–water partition coefficient (Wildman–Crippen LogP) is 3.11. The highest BCUT2D eigenvalue weighted by Crippen LogP contribution is 2.13. The molecule has 2 aromatic carbocycles. The minimum atomic E-state index is -0.236. The maximum atomic E-state index is 12.9. The third-order valence-corrected chi connectivity index (χ3v) is 3.72. The van der Waals surface area contributed by atoms with Gasteiger partial charge in [-0.1, -0.05) is 24.3 Å². The van der Waals surface area contributed by atoms with Crippen LogP contribution in [0, 0.1) is 5.82 Å². The number of guanidine groups is 1. The molecule has 2 N–H and O–H groups in total. The smallest absolute Gasteiger partial charge is 0.191 e. The van der Waals surface area contributed by atoms with E-state index in [9.17, 15) is 4.39 Å². The Balaban J connectivity index is 1.79. The van der Waals surface area contributed by atoms with Crippen molar-refractivity contribution < 1.29 is 13.9 Å². The Bertz CT molecular complexity index is 690. The number of halogens is 1. The molecule has 0 spiro atoms. The van der Waals surface area contributed by atoms with Gasteiger partial charge >= 0.3 is 0 Å². The molecule has 0 bridgehead atoms. The molecule has 140 valence electrons. The Kier molecular flexibility index (Phi) is 8.42. The number of methoxy groups -OCH3 is 1. The van der Waals surface area contributed by atoms with Crippen molar-refractivity contribution in [3.05, 3.63) is 65.5 Å². The second kappa shape index (κ2) is 11.1. The van der Waals surface area contributed by atoms with E-state index < -0.39 is 0 Å². The number of hydrogen-bond acceptors (Lipinski definition) is 3. The Labute approximate surface area is 154 Å². The van der Waals surface area contributed by atoms with Crippen LogP contribution in [0.25, 0.3) is 0 Å². The highest BCUT2D eigenvalue weighted by atomic mass is 19.1. The zero-order valence-corrected chi connectivity index (χ0v) is 15.3. The van der Waals surface area contributed by atoms with Crippen LogP contribution in [0.5, 0.6) is 5.75 Å². The number of nitrogens with one attached hydrogen (secondary N) is 2. The average molecular weight is 359 g/mol. The summed E-state index contributed by atoms with van der Waals surface area (Å²) in [6.45, 7) is 2.52. The van der Waals surface area contributed by atoms with E-state index in [1.165, 1.54) is 12.1 Å². The SMILES string of the molecule is CN=C(NCc1ccc(F)cc1)NCc1cccc(OCCCOC)c1. The van der Waals surface area contributed by atoms with Crippen LogP contribution >= 0.6 is 0 Å². The van der Waals surface area contributed by atoms with Gasteiger partial charge in [0.15, 0.2) is 5.96 Å². The number of ether oxygens (including phenoxy) is 2. The average Bonchev–Trinajstić information content (AvgIpc) is 2.67. The molecule has 0 heterocycles. The molecular formula is C20H26FN3O2. The van der Waals surface area contributed by atoms with Crippen LogP contribution in [0.4, 0.5) is 4.39 Å². The van der Waals surface area contributed by atoms with Gasteiger partial charge in [0.1, 0.15) is 11.6 Å². The van der Waals surface area contributed by atoms with Gasteiger partial charge in [0.2, 0.25) is 0 Å². The highest BCUT2D eigenvalue weighted by molar-refractivity contribution is 5.79. The fraction of sp³-hybridized carbons (Fsp3) is 0.350. The van der Waals surface area contributed by atoms with Crippen molar-refractivity contribution >= 4 is 5.96 Å². The summed E-state index contributed by atoms with van der Waals surface area (Å²) in [4.78, 5) is 4.20. The van der Waals surface area contributed by atoms with Crippen LogP contribution in [0.3, 0.4) is 0 Å². The van der Waals surface area contributed by atoms with Crippen LogP contribution in [0.2, 0.25) is 0 Å². The normalized spacial score (nSPS) is 11.3. The summed E-state index contributed by atoms with van der Waals surface area (Å²) in [5, 5.41) is 6.47. The lowest BCUT2D eigenvalue weighted by Gasteiger charge is -2.13. The molecule has 2 rings (SSSR count). The van der Waals surface area contributed by atoms with Gasteiger partial charge in [-0.2, -0.15) is 0 Å². The van der Waals surface area contributed by atoms with Crippen LogP contribution < -0.4 is 15.4 Å². The second-order valence-corrected chi connectivity index (χ2v) is 5.75. The van der Waals surface area contributed by atoms with E-state index in [1.807, 2.05) is 24.3 Å². The summed E-state index contributed by atoms with van der Waals surface area (Å²) in [5.74, 6) is 1.29. The van der Waals surface area contributed by atoms with E-state index >= 15 is 0 Å². The van der Waals surface area contributed by atoms with Gasteiger partial charge in [-0.3, -0.25) is 4.99 Å². The lowest BCUT2D eigenvalue weighted by molar-refractivity contribution is 0.172. The summed E-state index contributed by atoms with van der Waals surface area (Å²) in [6.07, 6.45) is 0.860. The van der Waals surface area contributed by atoms with Gasteiger partial charge in [0, 0.05) is 40.3 Å². The van der Waals surface area contributed by atoms with Crippen molar-refractivity contribution in [2.24, 2.45) is 4.99 Å².